The molecule has 0 heterocycles. The third-order valence-electron chi connectivity index (χ3n) is 2.70. The zero-order valence-electron chi connectivity index (χ0n) is 10.6. The second-order valence-electron chi connectivity index (χ2n) is 4.22. The molecule has 2 aromatic carbocycles. The van der Waals surface area contributed by atoms with Crippen molar-refractivity contribution in [2.45, 2.75) is 13.0 Å². The van der Waals surface area contributed by atoms with Crippen LogP contribution in [0.25, 0.3) is 0 Å². The van der Waals surface area contributed by atoms with Gasteiger partial charge in [0, 0.05) is 11.1 Å². The number of hydrogen-bond acceptors (Lipinski definition) is 4. The molecule has 5 nitrogen and oxygen atoms in total. The second kappa shape index (κ2) is 5.90. The van der Waals surface area contributed by atoms with Crippen molar-refractivity contribution >= 4 is 17.3 Å². The third kappa shape index (κ3) is 3.26. The first-order chi connectivity index (χ1) is 9.47. The topological polar surface area (TPSA) is 72.6 Å². The highest BCUT2D eigenvalue weighted by Gasteiger charge is 2.18. The average Bonchev–Trinajstić information content (AvgIpc) is 2.41. The number of nitrogens with zero attached hydrogens (tertiary/aromatic N) is 1. The van der Waals surface area contributed by atoms with Crippen LogP contribution in [-0.4, -0.2) is 10.0 Å². The van der Waals surface area contributed by atoms with Crippen LogP contribution in [0.4, 0.5) is 5.69 Å². The zero-order valence-corrected chi connectivity index (χ0v) is 11.4. The maximum absolute atomic E-state index is 11.1. The summed E-state index contributed by atoms with van der Waals surface area (Å²) in [4.78, 5) is 10.5. The van der Waals surface area contributed by atoms with Gasteiger partial charge in [-0.05, 0) is 42.8 Å². The van der Waals surface area contributed by atoms with Gasteiger partial charge in [0.05, 0.1) is 11.0 Å². The predicted molar refractivity (Wildman–Crippen MR) is 75.3 cm³/mol. The van der Waals surface area contributed by atoms with Crippen molar-refractivity contribution in [3.05, 3.63) is 63.2 Å². The number of halogens is 1. The van der Waals surface area contributed by atoms with E-state index in [2.05, 4.69) is 0 Å². The zero-order chi connectivity index (χ0) is 14.7. The van der Waals surface area contributed by atoms with Gasteiger partial charge in [-0.2, -0.15) is 0 Å². The van der Waals surface area contributed by atoms with Crippen molar-refractivity contribution < 1.29 is 14.8 Å². The van der Waals surface area contributed by atoms with Crippen molar-refractivity contribution in [1.82, 2.24) is 0 Å². The summed E-state index contributed by atoms with van der Waals surface area (Å²) in [5, 5.41) is 21.1. The van der Waals surface area contributed by atoms with Crippen LogP contribution in [-0.2, 0) is 0 Å². The Morgan fingerprint density at radius 3 is 2.45 bits per heavy atom. The minimum atomic E-state index is -0.779. The van der Waals surface area contributed by atoms with Crippen molar-refractivity contribution in [3.8, 4) is 11.5 Å². The molecule has 0 aliphatic rings. The lowest BCUT2D eigenvalue weighted by atomic mass is 10.1. The van der Waals surface area contributed by atoms with Crippen LogP contribution in [0, 0.1) is 10.1 Å². The number of rotatable bonds is 4. The van der Waals surface area contributed by atoms with Crippen LogP contribution in [0.1, 0.15) is 18.6 Å². The largest absolute Gasteiger partial charge is 0.450 e. The highest BCUT2D eigenvalue weighted by molar-refractivity contribution is 6.30. The molecule has 0 aromatic heterocycles. The first-order valence-corrected chi connectivity index (χ1v) is 6.25. The van der Waals surface area contributed by atoms with Gasteiger partial charge in [-0.1, -0.05) is 17.7 Å². The van der Waals surface area contributed by atoms with Gasteiger partial charge in [-0.3, -0.25) is 10.1 Å². The standard InChI is InChI=1S/C14H12ClNO4/c1-9(17)10-2-7-14(13(8-10)16(18)19)20-12-5-3-11(15)4-6-12/h2-9,17H,1H3. The smallest absolute Gasteiger partial charge is 0.311 e. The van der Waals surface area contributed by atoms with Crippen molar-refractivity contribution in [2.75, 3.05) is 0 Å². The Labute approximate surface area is 120 Å². The van der Waals surface area contributed by atoms with E-state index in [0.717, 1.165) is 0 Å². The van der Waals surface area contributed by atoms with Crippen LogP contribution in [0.15, 0.2) is 42.5 Å². The Morgan fingerprint density at radius 1 is 1.25 bits per heavy atom. The van der Waals surface area contributed by atoms with Gasteiger partial charge in [0.2, 0.25) is 5.75 Å². The minimum Gasteiger partial charge on any atom is -0.450 e. The van der Waals surface area contributed by atoms with E-state index in [1.165, 1.54) is 12.1 Å². The number of aliphatic hydroxyl groups excluding tert-OH is 1. The van der Waals surface area contributed by atoms with E-state index in [4.69, 9.17) is 16.3 Å². The quantitative estimate of drug-likeness (QED) is 0.680. The summed E-state index contributed by atoms with van der Waals surface area (Å²) in [6.07, 6.45) is -0.779. The van der Waals surface area contributed by atoms with Crippen LogP contribution in [0.2, 0.25) is 5.02 Å². The first kappa shape index (κ1) is 14.3. The minimum absolute atomic E-state index is 0.113. The molecule has 0 bridgehead atoms. The molecule has 1 N–H and O–H groups in total. The summed E-state index contributed by atoms with van der Waals surface area (Å²) in [5.41, 5.74) is 0.263. The average molecular weight is 294 g/mol. The lowest BCUT2D eigenvalue weighted by Crippen LogP contribution is -1.97. The Hall–Kier alpha value is -2.11. The molecule has 0 aliphatic heterocycles. The highest BCUT2D eigenvalue weighted by Crippen LogP contribution is 2.33. The maximum atomic E-state index is 11.1. The molecule has 1 unspecified atom stereocenters. The van der Waals surface area contributed by atoms with Gasteiger partial charge in [0.15, 0.2) is 0 Å². The molecular weight excluding hydrogens is 282 g/mol. The normalized spacial score (nSPS) is 11.9. The SMILES string of the molecule is CC(O)c1ccc(Oc2ccc(Cl)cc2)c([N+](=O)[O-])c1. The molecule has 2 rings (SSSR count). The van der Waals surface area contributed by atoms with Crippen molar-refractivity contribution in [3.63, 3.8) is 0 Å². The van der Waals surface area contributed by atoms with E-state index in [1.54, 1.807) is 37.3 Å². The fraction of sp³-hybridized carbons (Fsp3) is 0.143. The van der Waals surface area contributed by atoms with Crippen LogP contribution in [0.3, 0.4) is 0 Å². The molecule has 0 spiro atoms. The molecule has 0 radical (unpaired) electrons. The molecule has 2 aromatic rings. The molecule has 104 valence electrons. The summed E-state index contributed by atoms with van der Waals surface area (Å²) in [5.74, 6) is 0.559. The van der Waals surface area contributed by atoms with Gasteiger partial charge >= 0.3 is 5.69 Å². The number of hydrogen-bond donors (Lipinski definition) is 1. The predicted octanol–water partition coefficient (Wildman–Crippen LogP) is 4.09. The third-order valence-corrected chi connectivity index (χ3v) is 2.96. The second-order valence-corrected chi connectivity index (χ2v) is 4.65. The Bertz CT molecular complexity index is 626. The molecule has 1 atom stereocenters. The molecule has 0 amide bonds. The number of ether oxygens (including phenoxy) is 1. The molecular formula is C14H12ClNO4. The summed E-state index contributed by atoms with van der Waals surface area (Å²) >= 11 is 5.76. The van der Waals surface area contributed by atoms with E-state index in [0.29, 0.717) is 16.3 Å². The molecule has 0 saturated carbocycles. The van der Waals surface area contributed by atoms with Gasteiger partial charge < -0.3 is 9.84 Å². The fourth-order valence-electron chi connectivity index (χ4n) is 1.65. The number of aliphatic hydroxyl groups is 1. The van der Waals surface area contributed by atoms with E-state index in [9.17, 15) is 15.2 Å². The lowest BCUT2D eigenvalue weighted by Gasteiger charge is -2.09. The summed E-state index contributed by atoms with van der Waals surface area (Å²) in [7, 11) is 0. The molecule has 6 heteroatoms. The Kier molecular flexibility index (Phi) is 4.22. The van der Waals surface area contributed by atoms with E-state index in [1.807, 2.05) is 0 Å². The number of benzene rings is 2. The molecule has 0 saturated heterocycles. The van der Waals surface area contributed by atoms with Crippen molar-refractivity contribution in [2.24, 2.45) is 0 Å². The van der Waals surface area contributed by atoms with Gasteiger partial charge in [0.1, 0.15) is 5.75 Å². The van der Waals surface area contributed by atoms with Crippen LogP contribution >= 0.6 is 11.6 Å². The summed E-state index contributed by atoms with van der Waals surface area (Å²) in [6, 6.07) is 10.9. The Morgan fingerprint density at radius 2 is 1.90 bits per heavy atom. The number of nitro benzene ring substituents is 1. The van der Waals surface area contributed by atoms with Crippen LogP contribution in [0.5, 0.6) is 11.5 Å². The lowest BCUT2D eigenvalue weighted by molar-refractivity contribution is -0.385. The van der Waals surface area contributed by atoms with E-state index < -0.39 is 11.0 Å². The molecule has 0 fully saturated rings. The summed E-state index contributed by atoms with van der Waals surface area (Å²) < 4.78 is 5.48. The Balaban J connectivity index is 2.35. The number of nitro groups is 1. The molecule has 20 heavy (non-hydrogen) atoms. The van der Waals surface area contributed by atoms with Gasteiger partial charge in [-0.25, -0.2) is 0 Å². The monoisotopic (exact) mass is 293 g/mol. The fourth-order valence-corrected chi connectivity index (χ4v) is 1.78. The summed E-state index contributed by atoms with van der Waals surface area (Å²) in [6.45, 7) is 1.54. The van der Waals surface area contributed by atoms with Crippen molar-refractivity contribution in [1.29, 1.82) is 0 Å². The van der Waals surface area contributed by atoms with E-state index >= 15 is 0 Å². The van der Waals surface area contributed by atoms with E-state index in [-0.39, 0.29) is 11.4 Å². The maximum Gasteiger partial charge on any atom is 0.311 e. The van der Waals surface area contributed by atoms with Gasteiger partial charge in [0.25, 0.3) is 0 Å². The highest BCUT2D eigenvalue weighted by atomic mass is 35.5. The van der Waals surface area contributed by atoms with Gasteiger partial charge in [-0.15, -0.1) is 0 Å². The first-order valence-electron chi connectivity index (χ1n) is 5.87. The molecule has 0 aliphatic carbocycles. The van der Waals surface area contributed by atoms with Crippen LogP contribution < -0.4 is 4.74 Å².